The monoisotopic (exact) mass is 498 g/mol. The second-order valence-electron chi connectivity index (χ2n) is 9.32. The third-order valence-electron chi connectivity index (χ3n) is 6.84. The summed E-state index contributed by atoms with van der Waals surface area (Å²) in [4.78, 5) is 33.7. The number of sulfonamides is 1. The average molecular weight is 499 g/mol. The van der Waals surface area contributed by atoms with Crippen molar-refractivity contribution < 1.29 is 17.6 Å². The van der Waals surface area contributed by atoms with Crippen molar-refractivity contribution in [1.29, 1.82) is 0 Å². The number of aromatic amines is 1. The summed E-state index contributed by atoms with van der Waals surface area (Å²) in [6, 6.07) is 9.93. The maximum Gasteiger partial charge on any atom is 0.269 e. The number of hydrogen-bond donors (Lipinski definition) is 2. The minimum Gasteiger partial charge on any atom is -0.351 e. The Kier molecular flexibility index (Phi) is 6.27. The maximum absolute atomic E-state index is 14.0. The van der Waals surface area contributed by atoms with Crippen LogP contribution in [0.25, 0.3) is 11.3 Å². The first-order valence-electron chi connectivity index (χ1n) is 11.2. The molecule has 184 valence electrons. The van der Waals surface area contributed by atoms with Crippen molar-refractivity contribution in [2.45, 2.75) is 44.6 Å². The van der Waals surface area contributed by atoms with Crippen molar-refractivity contribution in [2.75, 3.05) is 11.4 Å². The summed E-state index contributed by atoms with van der Waals surface area (Å²) in [5.41, 5.74) is 0.686. The smallest absolute Gasteiger partial charge is 0.269 e. The standard InChI is InChI=1S/C25H27FN4O4S/c1-15-7-8-17(26)14-19(15)20-10-9-18(22(28-20)30-13-11-16(2)25(30,3)4)23(31)29-35(33,34)21-6-5-12-27-24(21)32/h5-10,12,14,16H,11,13H2,1-4H3,(H,27,32)(H,29,31). The van der Waals surface area contributed by atoms with Gasteiger partial charge in [0.15, 0.2) is 4.90 Å². The molecule has 1 saturated heterocycles. The quantitative estimate of drug-likeness (QED) is 0.556. The summed E-state index contributed by atoms with van der Waals surface area (Å²) in [7, 11) is -4.43. The lowest BCUT2D eigenvalue weighted by molar-refractivity contribution is 0.0981. The molecule has 8 nitrogen and oxygen atoms in total. The molecule has 4 rings (SSSR count). The summed E-state index contributed by atoms with van der Waals surface area (Å²) in [5.74, 6) is -0.736. The van der Waals surface area contributed by atoms with Crippen LogP contribution in [-0.4, -0.2) is 36.4 Å². The number of aromatic nitrogens is 2. The molecule has 35 heavy (non-hydrogen) atoms. The lowest BCUT2D eigenvalue weighted by Crippen LogP contribution is -2.44. The SMILES string of the molecule is Cc1ccc(F)cc1-c1ccc(C(=O)NS(=O)(=O)c2ccc[nH]c2=O)c(N2CCC(C)C2(C)C)n1. The van der Waals surface area contributed by atoms with Gasteiger partial charge in [-0.3, -0.25) is 9.59 Å². The Morgan fingerprint density at radius 2 is 1.97 bits per heavy atom. The molecule has 0 bridgehead atoms. The highest BCUT2D eigenvalue weighted by Gasteiger charge is 2.41. The first-order chi connectivity index (χ1) is 16.4. The highest BCUT2D eigenvalue weighted by Crippen LogP contribution is 2.39. The van der Waals surface area contributed by atoms with Crippen LogP contribution in [0.5, 0.6) is 0 Å². The fraction of sp³-hybridized carbons (Fsp3) is 0.320. The van der Waals surface area contributed by atoms with Gasteiger partial charge >= 0.3 is 0 Å². The van der Waals surface area contributed by atoms with E-state index in [0.29, 0.717) is 23.6 Å². The molecule has 10 heteroatoms. The van der Waals surface area contributed by atoms with E-state index in [0.717, 1.165) is 18.1 Å². The van der Waals surface area contributed by atoms with Crippen molar-refractivity contribution in [3.05, 3.63) is 76.0 Å². The number of carbonyl (C=O) groups excluding carboxylic acids is 1. The number of nitrogens with zero attached hydrogens (tertiary/aromatic N) is 2. The zero-order chi connectivity index (χ0) is 25.5. The van der Waals surface area contributed by atoms with Crippen LogP contribution >= 0.6 is 0 Å². The fourth-order valence-electron chi connectivity index (χ4n) is 4.31. The number of nitrogens with one attached hydrogen (secondary N) is 2. The van der Waals surface area contributed by atoms with Crippen LogP contribution in [0, 0.1) is 18.7 Å². The second-order valence-corrected chi connectivity index (χ2v) is 11.0. The number of benzene rings is 1. The Labute approximate surface area is 203 Å². The van der Waals surface area contributed by atoms with Gasteiger partial charge in [0.25, 0.3) is 21.5 Å². The minimum absolute atomic E-state index is 0.0425. The fourth-order valence-corrected chi connectivity index (χ4v) is 5.34. The van der Waals surface area contributed by atoms with E-state index in [9.17, 15) is 22.4 Å². The molecule has 1 amide bonds. The molecule has 0 spiro atoms. The van der Waals surface area contributed by atoms with Crippen LogP contribution in [0.2, 0.25) is 0 Å². The lowest BCUT2D eigenvalue weighted by atomic mass is 9.90. The highest BCUT2D eigenvalue weighted by molar-refractivity contribution is 7.90. The van der Waals surface area contributed by atoms with Crippen LogP contribution in [0.3, 0.4) is 0 Å². The summed E-state index contributed by atoms with van der Waals surface area (Å²) < 4.78 is 41.6. The predicted molar refractivity (Wildman–Crippen MR) is 131 cm³/mol. The van der Waals surface area contributed by atoms with Gasteiger partial charge in [0.1, 0.15) is 11.6 Å². The predicted octanol–water partition coefficient (Wildman–Crippen LogP) is 3.63. The largest absolute Gasteiger partial charge is 0.351 e. The number of amides is 1. The zero-order valence-electron chi connectivity index (χ0n) is 19.9. The topological polar surface area (TPSA) is 112 Å². The third-order valence-corrected chi connectivity index (χ3v) is 8.19. The van der Waals surface area contributed by atoms with E-state index in [2.05, 4.69) is 11.9 Å². The summed E-state index contributed by atoms with van der Waals surface area (Å²) in [6.45, 7) is 8.62. The molecule has 0 saturated carbocycles. The molecule has 0 radical (unpaired) electrons. The number of carbonyl (C=O) groups is 1. The van der Waals surface area contributed by atoms with Crippen LogP contribution in [0.4, 0.5) is 10.2 Å². The van der Waals surface area contributed by atoms with Gasteiger partial charge in [0, 0.05) is 23.8 Å². The molecule has 2 N–H and O–H groups in total. The minimum atomic E-state index is -4.43. The molecule has 3 aromatic rings. The molecule has 3 heterocycles. The number of anilines is 1. The van der Waals surface area contributed by atoms with Gasteiger partial charge in [-0.15, -0.1) is 0 Å². The van der Waals surface area contributed by atoms with Gasteiger partial charge in [0.2, 0.25) is 0 Å². The zero-order valence-corrected chi connectivity index (χ0v) is 20.7. The van der Waals surface area contributed by atoms with Crippen LogP contribution < -0.4 is 15.2 Å². The summed E-state index contributed by atoms with van der Waals surface area (Å²) in [6.07, 6.45) is 2.16. The van der Waals surface area contributed by atoms with Gasteiger partial charge < -0.3 is 9.88 Å². The van der Waals surface area contributed by atoms with Gasteiger partial charge in [0.05, 0.1) is 11.3 Å². The van der Waals surface area contributed by atoms with Crippen molar-refractivity contribution in [3.63, 3.8) is 0 Å². The summed E-state index contributed by atoms with van der Waals surface area (Å²) >= 11 is 0. The van der Waals surface area contributed by atoms with Crippen LogP contribution in [0.1, 0.15) is 43.1 Å². The van der Waals surface area contributed by atoms with Crippen molar-refractivity contribution >= 4 is 21.7 Å². The van der Waals surface area contributed by atoms with E-state index in [4.69, 9.17) is 4.98 Å². The molecule has 1 fully saturated rings. The Balaban J connectivity index is 1.82. The Hall–Kier alpha value is -3.53. The molecule has 1 unspecified atom stereocenters. The lowest BCUT2D eigenvalue weighted by Gasteiger charge is -2.36. The number of H-pyrrole nitrogens is 1. The Bertz CT molecular complexity index is 1470. The average Bonchev–Trinajstić information content (AvgIpc) is 3.07. The van der Waals surface area contributed by atoms with Crippen molar-refractivity contribution in [2.24, 2.45) is 5.92 Å². The highest BCUT2D eigenvalue weighted by atomic mass is 32.2. The number of pyridine rings is 2. The van der Waals surface area contributed by atoms with Crippen LogP contribution in [0.15, 0.2) is 58.4 Å². The number of aryl methyl sites for hydroxylation is 1. The molecule has 1 atom stereocenters. The molecular weight excluding hydrogens is 471 g/mol. The molecule has 1 aliphatic rings. The molecule has 1 aromatic carbocycles. The van der Waals surface area contributed by atoms with Crippen LogP contribution in [-0.2, 0) is 10.0 Å². The number of rotatable bonds is 5. The van der Waals surface area contributed by atoms with E-state index in [-0.39, 0.29) is 17.0 Å². The van der Waals surface area contributed by atoms with E-state index < -0.39 is 32.2 Å². The van der Waals surface area contributed by atoms with Gasteiger partial charge in [-0.05, 0) is 75.1 Å². The maximum atomic E-state index is 14.0. The first-order valence-corrected chi connectivity index (χ1v) is 12.7. The van der Waals surface area contributed by atoms with E-state index >= 15 is 0 Å². The Morgan fingerprint density at radius 3 is 2.63 bits per heavy atom. The van der Waals surface area contributed by atoms with Crippen molar-refractivity contribution in [1.82, 2.24) is 14.7 Å². The molecule has 1 aliphatic heterocycles. The molecule has 2 aromatic heterocycles. The number of hydrogen-bond acceptors (Lipinski definition) is 6. The van der Waals surface area contributed by atoms with Gasteiger partial charge in [-0.1, -0.05) is 13.0 Å². The van der Waals surface area contributed by atoms with E-state index in [1.807, 2.05) is 30.4 Å². The Morgan fingerprint density at radius 1 is 1.23 bits per heavy atom. The number of halogens is 1. The molecular formula is C25H27FN4O4S. The normalized spacial score (nSPS) is 17.4. The third kappa shape index (κ3) is 4.58. The molecule has 0 aliphatic carbocycles. The van der Waals surface area contributed by atoms with Gasteiger partial charge in [-0.2, -0.15) is 0 Å². The van der Waals surface area contributed by atoms with E-state index in [1.54, 1.807) is 12.1 Å². The second kappa shape index (κ2) is 8.92. The van der Waals surface area contributed by atoms with E-state index in [1.165, 1.54) is 30.5 Å². The summed E-state index contributed by atoms with van der Waals surface area (Å²) in [5, 5.41) is 0. The van der Waals surface area contributed by atoms with Gasteiger partial charge in [-0.25, -0.2) is 22.5 Å². The first kappa shape index (κ1) is 24.6. The van der Waals surface area contributed by atoms with Crippen molar-refractivity contribution in [3.8, 4) is 11.3 Å².